The van der Waals surface area contributed by atoms with Gasteiger partial charge in [-0.2, -0.15) is 0 Å². The number of benzene rings is 2. The van der Waals surface area contributed by atoms with Crippen LogP contribution < -0.4 is 10.1 Å². The van der Waals surface area contributed by atoms with Crippen molar-refractivity contribution < 1.29 is 17.9 Å². The maximum atomic E-state index is 12.7. The largest absolute Gasteiger partial charge is 0.497 e. The van der Waals surface area contributed by atoms with E-state index in [0.29, 0.717) is 17.3 Å². The highest BCUT2D eigenvalue weighted by atomic mass is 32.2. The zero-order valence-electron chi connectivity index (χ0n) is 18.2. The summed E-state index contributed by atoms with van der Waals surface area (Å²) in [6.45, 7) is 0.222. The number of hydrogen-bond acceptors (Lipinski definition) is 6. The van der Waals surface area contributed by atoms with Crippen molar-refractivity contribution in [2.75, 3.05) is 26.0 Å². The molecule has 0 spiro atoms. The Hall–Kier alpha value is -3.21. The van der Waals surface area contributed by atoms with Gasteiger partial charge in [0.25, 0.3) is 0 Å². The van der Waals surface area contributed by atoms with E-state index in [1.807, 2.05) is 35.8 Å². The molecule has 2 N–H and O–H groups in total. The van der Waals surface area contributed by atoms with E-state index in [4.69, 9.17) is 4.74 Å². The molecule has 4 aromatic rings. The number of aromatic nitrogens is 2. The molecule has 8 nitrogen and oxygen atoms in total. The Morgan fingerprint density at radius 3 is 2.70 bits per heavy atom. The van der Waals surface area contributed by atoms with Crippen LogP contribution in [0.5, 0.6) is 5.75 Å². The maximum Gasteiger partial charge on any atom is 0.242 e. The number of methoxy groups -OCH3 is 1. The summed E-state index contributed by atoms with van der Waals surface area (Å²) >= 11 is 1.36. The normalized spacial score (nSPS) is 11.7. The van der Waals surface area contributed by atoms with E-state index in [9.17, 15) is 13.2 Å². The predicted octanol–water partition coefficient (Wildman–Crippen LogP) is 4.34. The van der Waals surface area contributed by atoms with Crippen LogP contribution in [-0.2, 0) is 14.8 Å². The van der Waals surface area contributed by atoms with Crippen molar-refractivity contribution in [1.82, 2.24) is 14.3 Å². The predicted molar refractivity (Wildman–Crippen MR) is 130 cm³/mol. The molecule has 0 bridgehead atoms. The third kappa shape index (κ3) is 5.08. The second-order valence-electron chi connectivity index (χ2n) is 7.44. The van der Waals surface area contributed by atoms with Crippen molar-refractivity contribution in [2.45, 2.75) is 17.7 Å². The van der Waals surface area contributed by atoms with Crippen LogP contribution in [0.25, 0.3) is 22.2 Å². The summed E-state index contributed by atoms with van der Waals surface area (Å²) in [4.78, 5) is 20.3. The van der Waals surface area contributed by atoms with E-state index >= 15 is 0 Å². The lowest BCUT2D eigenvalue weighted by molar-refractivity contribution is -0.116. The number of amides is 1. The Morgan fingerprint density at radius 1 is 1.18 bits per heavy atom. The van der Waals surface area contributed by atoms with Crippen molar-refractivity contribution >= 4 is 43.3 Å². The summed E-state index contributed by atoms with van der Waals surface area (Å²) in [7, 11) is -0.599. The number of anilines is 1. The molecule has 33 heavy (non-hydrogen) atoms. The van der Waals surface area contributed by atoms with Crippen LogP contribution in [0.4, 0.5) is 5.13 Å². The quantitative estimate of drug-likeness (QED) is 0.368. The topological polar surface area (TPSA) is 104 Å². The van der Waals surface area contributed by atoms with Gasteiger partial charge in [-0.15, -0.1) is 11.3 Å². The smallest absolute Gasteiger partial charge is 0.242 e. The number of hydrogen-bond donors (Lipinski definition) is 2. The molecule has 0 atom stereocenters. The Labute approximate surface area is 196 Å². The number of ether oxygens (including phenoxy) is 1. The van der Waals surface area contributed by atoms with Crippen LogP contribution >= 0.6 is 11.3 Å². The number of carbonyl (C=O) groups excluding carboxylic acids is 1. The summed E-state index contributed by atoms with van der Waals surface area (Å²) in [6.07, 6.45) is 2.48. The number of para-hydroxylation sites is 1. The minimum Gasteiger partial charge on any atom is -0.497 e. The summed E-state index contributed by atoms with van der Waals surface area (Å²) in [5, 5.41) is 6.29. The minimum absolute atomic E-state index is 0.183. The van der Waals surface area contributed by atoms with E-state index in [2.05, 4.69) is 15.3 Å². The highest BCUT2D eigenvalue weighted by molar-refractivity contribution is 7.89. The number of rotatable bonds is 9. The molecule has 0 aliphatic rings. The third-order valence-corrected chi connectivity index (χ3v) is 7.89. The second kappa shape index (κ2) is 9.74. The molecule has 2 aromatic heterocycles. The molecule has 1 amide bonds. The molecule has 0 aliphatic heterocycles. The fourth-order valence-corrected chi connectivity index (χ4v) is 5.37. The average Bonchev–Trinajstić information content (AvgIpc) is 3.45. The molecule has 0 saturated carbocycles. The maximum absolute atomic E-state index is 12.7. The highest BCUT2D eigenvalue weighted by Crippen LogP contribution is 2.31. The fourth-order valence-electron chi connectivity index (χ4n) is 3.43. The first-order valence-corrected chi connectivity index (χ1v) is 12.6. The van der Waals surface area contributed by atoms with E-state index < -0.39 is 10.0 Å². The number of sulfonamides is 1. The van der Waals surface area contributed by atoms with Gasteiger partial charge >= 0.3 is 0 Å². The van der Waals surface area contributed by atoms with Crippen LogP contribution in [0, 0.1) is 0 Å². The Bertz CT molecular complexity index is 1360. The Kier molecular flexibility index (Phi) is 6.77. The summed E-state index contributed by atoms with van der Waals surface area (Å²) in [5.41, 5.74) is 2.80. The van der Waals surface area contributed by atoms with Gasteiger partial charge in [0, 0.05) is 48.1 Å². The first kappa shape index (κ1) is 23.0. The first-order chi connectivity index (χ1) is 15.9. The van der Waals surface area contributed by atoms with Gasteiger partial charge in [0.2, 0.25) is 15.9 Å². The zero-order chi connectivity index (χ0) is 23.4. The van der Waals surface area contributed by atoms with E-state index in [1.54, 1.807) is 12.1 Å². The minimum atomic E-state index is -3.63. The SMILES string of the molecule is COc1ccc(S(=O)(=O)N(C)CCCC(=O)Nc2nc(-c3c[nH]c4ccccc34)cs2)cc1. The molecule has 172 valence electrons. The standard InChI is InChI=1S/C23H24N4O4S2/c1-27(33(29,30)17-11-9-16(31-2)10-12-17)13-5-8-22(28)26-23-25-21(15-32-23)19-14-24-20-7-4-3-6-18(19)20/h3-4,6-7,9-12,14-15,24H,5,8,13H2,1-2H3,(H,25,26,28). The van der Waals surface area contributed by atoms with E-state index in [1.165, 1.54) is 41.9 Å². The Balaban J connectivity index is 1.31. The number of aromatic amines is 1. The summed E-state index contributed by atoms with van der Waals surface area (Å²) in [6, 6.07) is 14.2. The van der Waals surface area contributed by atoms with Gasteiger partial charge in [-0.3, -0.25) is 4.79 Å². The lowest BCUT2D eigenvalue weighted by atomic mass is 10.1. The van der Waals surface area contributed by atoms with Crippen molar-refractivity contribution in [3.63, 3.8) is 0 Å². The van der Waals surface area contributed by atoms with Crippen LogP contribution in [0.2, 0.25) is 0 Å². The lowest BCUT2D eigenvalue weighted by Gasteiger charge is -2.17. The van der Waals surface area contributed by atoms with Crippen LogP contribution in [0.3, 0.4) is 0 Å². The lowest BCUT2D eigenvalue weighted by Crippen LogP contribution is -2.28. The molecule has 2 heterocycles. The van der Waals surface area contributed by atoms with Crippen LogP contribution in [-0.4, -0.2) is 49.3 Å². The zero-order valence-corrected chi connectivity index (χ0v) is 19.9. The third-order valence-electron chi connectivity index (χ3n) is 5.26. The number of nitrogens with zero attached hydrogens (tertiary/aromatic N) is 2. The molecule has 0 unspecified atom stereocenters. The molecular formula is C23H24N4O4S2. The molecule has 0 aliphatic carbocycles. The van der Waals surface area contributed by atoms with Gasteiger partial charge in [0.05, 0.1) is 17.7 Å². The second-order valence-corrected chi connectivity index (χ2v) is 10.3. The monoisotopic (exact) mass is 484 g/mol. The van der Waals surface area contributed by atoms with Gasteiger partial charge in [0.1, 0.15) is 5.75 Å². The molecule has 4 rings (SSSR count). The molecule has 0 radical (unpaired) electrons. The Morgan fingerprint density at radius 2 is 1.94 bits per heavy atom. The van der Waals surface area contributed by atoms with Gasteiger partial charge in [-0.05, 0) is 36.8 Å². The number of fused-ring (bicyclic) bond motifs is 1. The van der Waals surface area contributed by atoms with Crippen molar-refractivity contribution in [2.24, 2.45) is 0 Å². The van der Waals surface area contributed by atoms with E-state index in [0.717, 1.165) is 22.2 Å². The van der Waals surface area contributed by atoms with Gasteiger partial charge in [-0.25, -0.2) is 17.7 Å². The van der Waals surface area contributed by atoms with Crippen LogP contribution in [0.1, 0.15) is 12.8 Å². The highest BCUT2D eigenvalue weighted by Gasteiger charge is 2.21. The summed E-state index contributed by atoms with van der Waals surface area (Å²) < 4.78 is 31.7. The molecule has 10 heteroatoms. The van der Waals surface area contributed by atoms with Crippen molar-refractivity contribution in [3.8, 4) is 17.0 Å². The molecular weight excluding hydrogens is 460 g/mol. The first-order valence-electron chi connectivity index (χ1n) is 10.3. The van der Waals surface area contributed by atoms with Crippen molar-refractivity contribution in [1.29, 1.82) is 0 Å². The van der Waals surface area contributed by atoms with Crippen molar-refractivity contribution in [3.05, 3.63) is 60.1 Å². The van der Waals surface area contributed by atoms with Gasteiger partial charge in [0.15, 0.2) is 5.13 Å². The number of thiazole rings is 1. The van der Waals surface area contributed by atoms with Gasteiger partial charge in [-0.1, -0.05) is 18.2 Å². The molecule has 0 fully saturated rings. The molecule has 0 saturated heterocycles. The molecule has 2 aromatic carbocycles. The number of H-pyrrole nitrogens is 1. The van der Waals surface area contributed by atoms with Crippen LogP contribution in [0.15, 0.2) is 65.0 Å². The fraction of sp³-hybridized carbons (Fsp3) is 0.217. The van der Waals surface area contributed by atoms with E-state index in [-0.39, 0.29) is 23.8 Å². The van der Waals surface area contributed by atoms with Gasteiger partial charge < -0.3 is 15.0 Å². The number of carbonyl (C=O) groups is 1. The summed E-state index contributed by atoms with van der Waals surface area (Å²) in [5.74, 6) is 0.383. The number of nitrogens with one attached hydrogen (secondary N) is 2. The average molecular weight is 485 g/mol.